The van der Waals surface area contributed by atoms with Crippen LogP contribution in [0.4, 0.5) is 0 Å². The van der Waals surface area contributed by atoms with Crippen molar-refractivity contribution in [1.82, 2.24) is 0 Å². The molecule has 0 radical (unpaired) electrons. The highest BCUT2D eigenvalue weighted by atomic mass is 16.3. The molecular weight excluding hydrogens is 148 g/mol. The van der Waals surface area contributed by atoms with Crippen molar-refractivity contribution in [3.8, 4) is 0 Å². The second-order valence-electron chi connectivity index (χ2n) is 5.49. The summed E-state index contributed by atoms with van der Waals surface area (Å²) in [6.45, 7) is 7.58. The molecule has 1 heteroatoms. The Morgan fingerprint density at radius 3 is 2.42 bits per heavy atom. The summed E-state index contributed by atoms with van der Waals surface area (Å²) in [6, 6.07) is 0. The van der Waals surface area contributed by atoms with E-state index in [1.165, 1.54) is 12.8 Å². The molecule has 0 spiro atoms. The fourth-order valence-electron chi connectivity index (χ4n) is 3.32. The molecular formula is C11H20O. The van der Waals surface area contributed by atoms with Crippen molar-refractivity contribution in [2.75, 3.05) is 6.61 Å². The van der Waals surface area contributed by atoms with E-state index >= 15 is 0 Å². The highest BCUT2D eigenvalue weighted by Gasteiger charge is 2.66. The van der Waals surface area contributed by atoms with Gasteiger partial charge in [0.15, 0.2) is 0 Å². The molecule has 0 amide bonds. The zero-order valence-corrected chi connectivity index (χ0v) is 8.43. The van der Waals surface area contributed by atoms with Crippen molar-refractivity contribution < 1.29 is 5.11 Å². The number of rotatable bonds is 2. The van der Waals surface area contributed by atoms with Gasteiger partial charge in [-0.05, 0) is 41.9 Å². The lowest BCUT2D eigenvalue weighted by Crippen LogP contribution is -2.28. The van der Waals surface area contributed by atoms with Crippen LogP contribution < -0.4 is 0 Å². The normalized spacial score (nSPS) is 49.0. The molecule has 1 N–H and O–H groups in total. The first kappa shape index (κ1) is 8.55. The molecule has 2 rings (SSSR count). The minimum absolute atomic E-state index is 0.372. The molecule has 2 fully saturated rings. The van der Waals surface area contributed by atoms with Crippen LogP contribution in [0.5, 0.6) is 0 Å². The lowest BCUT2D eigenvalue weighted by atomic mass is 9.70. The van der Waals surface area contributed by atoms with Crippen molar-refractivity contribution in [2.45, 2.75) is 40.0 Å². The molecule has 70 valence electrons. The molecule has 2 aliphatic carbocycles. The molecule has 0 aromatic carbocycles. The average molecular weight is 168 g/mol. The maximum atomic E-state index is 8.94. The minimum Gasteiger partial charge on any atom is -0.396 e. The summed E-state index contributed by atoms with van der Waals surface area (Å²) < 4.78 is 0. The number of aliphatic hydroxyl groups is 1. The van der Waals surface area contributed by atoms with Gasteiger partial charge < -0.3 is 5.11 Å². The maximum absolute atomic E-state index is 8.94. The predicted molar refractivity (Wildman–Crippen MR) is 49.8 cm³/mol. The third-order valence-corrected chi connectivity index (χ3v) is 4.95. The van der Waals surface area contributed by atoms with Crippen LogP contribution in [0.3, 0.4) is 0 Å². The zero-order chi connectivity index (χ0) is 8.98. The highest BCUT2D eigenvalue weighted by molar-refractivity contribution is 5.15. The van der Waals surface area contributed by atoms with Crippen LogP contribution in [0.15, 0.2) is 0 Å². The second-order valence-corrected chi connectivity index (χ2v) is 5.49. The third-order valence-electron chi connectivity index (χ3n) is 4.95. The van der Waals surface area contributed by atoms with Crippen molar-refractivity contribution in [3.05, 3.63) is 0 Å². The van der Waals surface area contributed by atoms with E-state index in [9.17, 15) is 0 Å². The van der Waals surface area contributed by atoms with Crippen LogP contribution in [-0.4, -0.2) is 11.7 Å². The molecule has 2 unspecified atom stereocenters. The van der Waals surface area contributed by atoms with Crippen LogP contribution in [0.25, 0.3) is 0 Å². The number of aliphatic hydroxyl groups excluding tert-OH is 1. The first-order chi connectivity index (χ1) is 5.52. The molecule has 0 aliphatic heterocycles. The lowest BCUT2D eigenvalue weighted by Gasteiger charge is -2.35. The van der Waals surface area contributed by atoms with Crippen molar-refractivity contribution >= 4 is 0 Å². The smallest absolute Gasteiger partial charge is 0.0433 e. The lowest BCUT2D eigenvalue weighted by molar-refractivity contribution is 0.119. The number of hydrogen-bond donors (Lipinski definition) is 1. The Bertz CT molecular complexity index is 197. The van der Waals surface area contributed by atoms with E-state index in [1.54, 1.807) is 0 Å². The predicted octanol–water partition coefficient (Wildman–Crippen LogP) is 2.44. The van der Waals surface area contributed by atoms with Crippen molar-refractivity contribution in [3.63, 3.8) is 0 Å². The Labute approximate surface area is 75.2 Å². The Morgan fingerprint density at radius 1 is 1.33 bits per heavy atom. The third kappa shape index (κ3) is 0.834. The second kappa shape index (κ2) is 2.25. The van der Waals surface area contributed by atoms with Gasteiger partial charge in [-0.1, -0.05) is 20.8 Å². The number of fused-ring (bicyclic) bond motifs is 1. The Balaban J connectivity index is 2.12. The molecule has 2 saturated carbocycles. The summed E-state index contributed by atoms with van der Waals surface area (Å²) in [5, 5.41) is 8.94. The Kier molecular flexibility index (Phi) is 1.61. The fourth-order valence-corrected chi connectivity index (χ4v) is 3.32. The summed E-state index contributed by atoms with van der Waals surface area (Å²) in [6.07, 6.45) is 3.81. The van der Waals surface area contributed by atoms with E-state index in [0.717, 1.165) is 18.3 Å². The average Bonchev–Trinajstić information content (AvgIpc) is 2.58. The molecule has 0 aromatic heterocycles. The first-order valence-corrected chi connectivity index (χ1v) is 5.13. The summed E-state index contributed by atoms with van der Waals surface area (Å²) in [5.74, 6) is 1.75. The Hall–Kier alpha value is -0.0400. The Morgan fingerprint density at radius 2 is 2.00 bits per heavy atom. The van der Waals surface area contributed by atoms with Gasteiger partial charge in [-0.3, -0.25) is 0 Å². The largest absolute Gasteiger partial charge is 0.396 e. The van der Waals surface area contributed by atoms with Gasteiger partial charge in [-0.25, -0.2) is 0 Å². The molecule has 1 nitrogen and oxygen atoms in total. The molecule has 0 heterocycles. The molecule has 12 heavy (non-hydrogen) atoms. The van der Waals surface area contributed by atoms with Gasteiger partial charge in [0.2, 0.25) is 0 Å². The summed E-state index contributed by atoms with van der Waals surface area (Å²) >= 11 is 0. The van der Waals surface area contributed by atoms with E-state index in [1.807, 2.05) is 0 Å². The molecule has 0 aromatic rings. The molecule has 0 saturated heterocycles. The van der Waals surface area contributed by atoms with Crippen LogP contribution in [0, 0.1) is 22.7 Å². The minimum atomic E-state index is 0.372. The van der Waals surface area contributed by atoms with Gasteiger partial charge in [-0.15, -0.1) is 0 Å². The summed E-state index contributed by atoms with van der Waals surface area (Å²) in [7, 11) is 0. The maximum Gasteiger partial charge on any atom is 0.0433 e. The van der Waals surface area contributed by atoms with E-state index in [2.05, 4.69) is 20.8 Å². The van der Waals surface area contributed by atoms with Crippen LogP contribution in [0.1, 0.15) is 40.0 Å². The molecule has 3 atom stereocenters. The van der Waals surface area contributed by atoms with Gasteiger partial charge in [0.1, 0.15) is 0 Å². The van der Waals surface area contributed by atoms with E-state index < -0.39 is 0 Å². The quantitative estimate of drug-likeness (QED) is 0.671. The molecule has 2 aliphatic rings. The fraction of sp³-hybridized carbons (Fsp3) is 1.00. The van der Waals surface area contributed by atoms with Crippen molar-refractivity contribution in [2.24, 2.45) is 22.7 Å². The first-order valence-electron chi connectivity index (χ1n) is 5.13. The monoisotopic (exact) mass is 168 g/mol. The van der Waals surface area contributed by atoms with Gasteiger partial charge >= 0.3 is 0 Å². The standard InChI is InChI=1S/C11H20O/c1-10(2)8(4-5-12)6-9-7-11(9,10)3/h8-9,12H,4-7H2,1-3H3/t8-,9?,11?/m0/s1. The van der Waals surface area contributed by atoms with Crippen LogP contribution in [-0.2, 0) is 0 Å². The van der Waals surface area contributed by atoms with Crippen LogP contribution in [0.2, 0.25) is 0 Å². The van der Waals surface area contributed by atoms with Gasteiger partial charge in [0, 0.05) is 6.61 Å². The van der Waals surface area contributed by atoms with E-state index in [-0.39, 0.29) is 0 Å². The topological polar surface area (TPSA) is 20.2 Å². The SMILES string of the molecule is CC12CC1C[C@H](CCO)C2(C)C. The summed E-state index contributed by atoms with van der Waals surface area (Å²) in [5.41, 5.74) is 1.09. The van der Waals surface area contributed by atoms with Gasteiger partial charge in [-0.2, -0.15) is 0 Å². The van der Waals surface area contributed by atoms with Crippen LogP contribution >= 0.6 is 0 Å². The van der Waals surface area contributed by atoms with Gasteiger partial charge in [0.25, 0.3) is 0 Å². The zero-order valence-electron chi connectivity index (χ0n) is 8.43. The highest BCUT2D eigenvalue weighted by Crippen LogP contribution is 2.74. The summed E-state index contributed by atoms with van der Waals surface area (Å²) in [4.78, 5) is 0. The van der Waals surface area contributed by atoms with E-state index in [0.29, 0.717) is 17.4 Å². The number of hydrogen-bond acceptors (Lipinski definition) is 1. The van der Waals surface area contributed by atoms with Gasteiger partial charge in [0.05, 0.1) is 0 Å². The van der Waals surface area contributed by atoms with Crippen molar-refractivity contribution in [1.29, 1.82) is 0 Å². The molecule has 0 bridgehead atoms. The van der Waals surface area contributed by atoms with E-state index in [4.69, 9.17) is 5.11 Å².